The van der Waals surface area contributed by atoms with Gasteiger partial charge in [0, 0.05) is 17.2 Å². The maximum Gasteiger partial charge on any atom is 0.277 e. The van der Waals surface area contributed by atoms with E-state index in [0.717, 1.165) is 5.56 Å². The summed E-state index contributed by atoms with van der Waals surface area (Å²) in [7, 11) is 1.55. The zero-order valence-corrected chi connectivity index (χ0v) is 13.8. The molecule has 2 N–H and O–H groups in total. The quantitative estimate of drug-likeness (QED) is 0.567. The van der Waals surface area contributed by atoms with E-state index in [-0.39, 0.29) is 17.1 Å². The number of pyridine rings is 1. The van der Waals surface area contributed by atoms with Crippen molar-refractivity contribution in [1.82, 2.24) is 4.98 Å². The van der Waals surface area contributed by atoms with Gasteiger partial charge in [-0.25, -0.2) is 4.98 Å². The maximum absolute atomic E-state index is 11.4. The van der Waals surface area contributed by atoms with E-state index in [9.17, 15) is 15.4 Å². The number of rotatable bonds is 4. The Hall–Kier alpha value is -3.92. The van der Waals surface area contributed by atoms with E-state index in [0.29, 0.717) is 22.6 Å². The SMILES string of the molecule is COc1cccc(-c2cc(-c3ccccc3[N+](=O)[O-])c(C#N)c(N)n2)c1. The summed E-state index contributed by atoms with van der Waals surface area (Å²) in [4.78, 5) is 15.2. The number of methoxy groups -OCH3 is 1. The zero-order chi connectivity index (χ0) is 18.7. The first-order valence-electron chi connectivity index (χ1n) is 7.64. The van der Waals surface area contributed by atoms with Crippen molar-refractivity contribution in [2.75, 3.05) is 12.8 Å². The molecule has 0 saturated carbocycles. The van der Waals surface area contributed by atoms with E-state index in [4.69, 9.17) is 10.5 Å². The Morgan fingerprint density at radius 1 is 1.15 bits per heavy atom. The first-order valence-corrected chi connectivity index (χ1v) is 7.64. The number of nitro groups is 1. The Kier molecular flexibility index (Phi) is 4.50. The lowest BCUT2D eigenvalue weighted by Crippen LogP contribution is -2.01. The molecule has 0 aliphatic heterocycles. The average Bonchev–Trinajstić information content (AvgIpc) is 2.67. The molecule has 2 aromatic carbocycles. The highest BCUT2D eigenvalue weighted by Gasteiger charge is 2.20. The lowest BCUT2D eigenvalue weighted by Gasteiger charge is -2.11. The molecule has 0 aliphatic carbocycles. The molecule has 0 radical (unpaired) electrons. The number of anilines is 1. The van der Waals surface area contributed by atoms with E-state index in [2.05, 4.69) is 4.98 Å². The fourth-order valence-corrected chi connectivity index (χ4v) is 2.69. The van der Waals surface area contributed by atoms with Crippen molar-refractivity contribution in [2.45, 2.75) is 0 Å². The Labute approximate surface area is 149 Å². The third-order valence-electron chi connectivity index (χ3n) is 3.92. The number of nitrogens with zero attached hydrogens (tertiary/aromatic N) is 3. The minimum absolute atomic E-state index is 0.0148. The molecular formula is C19H14N4O3. The molecule has 1 heterocycles. The Balaban J connectivity index is 2.28. The number of nitro benzene ring substituents is 1. The molecule has 3 rings (SSSR count). The summed E-state index contributed by atoms with van der Waals surface area (Å²) in [5.74, 6) is 0.653. The second-order valence-corrected chi connectivity index (χ2v) is 5.43. The molecule has 0 unspecified atom stereocenters. The van der Waals surface area contributed by atoms with Crippen LogP contribution in [0.4, 0.5) is 11.5 Å². The predicted molar refractivity (Wildman–Crippen MR) is 97.4 cm³/mol. The second-order valence-electron chi connectivity index (χ2n) is 5.43. The number of ether oxygens (including phenoxy) is 1. The van der Waals surface area contributed by atoms with Crippen LogP contribution in [0.2, 0.25) is 0 Å². The number of aromatic nitrogens is 1. The van der Waals surface area contributed by atoms with Crippen LogP contribution in [0.5, 0.6) is 5.75 Å². The van der Waals surface area contributed by atoms with Crippen molar-refractivity contribution < 1.29 is 9.66 Å². The summed E-state index contributed by atoms with van der Waals surface area (Å²) >= 11 is 0. The smallest absolute Gasteiger partial charge is 0.277 e. The molecule has 0 atom stereocenters. The van der Waals surface area contributed by atoms with Gasteiger partial charge in [0.2, 0.25) is 0 Å². The molecule has 0 amide bonds. The van der Waals surface area contributed by atoms with Crippen LogP contribution in [0.15, 0.2) is 54.6 Å². The third-order valence-corrected chi connectivity index (χ3v) is 3.92. The number of hydrogen-bond donors (Lipinski definition) is 1. The first-order chi connectivity index (χ1) is 12.5. The number of nitrogen functional groups attached to an aromatic ring is 1. The summed E-state index contributed by atoms with van der Waals surface area (Å²) in [5, 5.41) is 20.9. The number of nitrogens with two attached hydrogens (primary N) is 1. The lowest BCUT2D eigenvalue weighted by molar-refractivity contribution is -0.384. The Bertz CT molecular complexity index is 1040. The van der Waals surface area contributed by atoms with E-state index in [1.165, 1.54) is 6.07 Å². The van der Waals surface area contributed by atoms with Crippen LogP contribution in [-0.2, 0) is 0 Å². The van der Waals surface area contributed by atoms with Gasteiger partial charge < -0.3 is 10.5 Å². The summed E-state index contributed by atoms with van der Waals surface area (Å²) in [6.45, 7) is 0. The highest BCUT2D eigenvalue weighted by atomic mass is 16.6. The van der Waals surface area contributed by atoms with Crippen molar-refractivity contribution in [3.05, 3.63) is 70.3 Å². The van der Waals surface area contributed by atoms with Crippen molar-refractivity contribution in [1.29, 1.82) is 5.26 Å². The lowest BCUT2D eigenvalue weighted by atomic mass is 9.97. The molecule has 0 fully saturated rings. The van der Waals surface area contributed by atoms with Gasteiger partial charge in [0.25, 0.3) is 5.69 Å². The summed E-state index contributed by atoms with van der Waals surface area (Å²) in [6, 6.07) is 17.0. The number of para-hydroxylation sites is 1. The van der Waals surface area contributed by atoms with Crippen molar-refractivity contribution in [2.24, 2.45) is 0 Å². The average molecular weight is 346 g/mol. The van der Waals surface area contributed by atoms with Gasteiger partial charge in [0.15, 0.2) is 0 Å². The summed E-state index contributed by atoms with van der Waals surface area (Å²) in [6.07, 6.45) is 0. The molecule has 128 valence electrons. The van der Waals surface area contributed by atoms with Crippen LogP contribution in [0.1, 0.15) is 5.56 Å². The van der Waals surface area contributed by atoms with E-state index in [1.54, 1.807) is 49.6 Å². The zero-order valence-electron chi connectivity index (χ0n) is 13.8. The van der Waals surface area contributed by atoms with E-state index >= 15 is 0 Å². The van der Waals surface area contributed by atoms with Gasteiger partial charge in [0.1, 0.15) is 23.2 Å². The Morgan fingerprint density at radius 3 is 2.62 bits per heavy atom. The maximum atomic E-state index is 11.4. The summed E-state index contributed by atoms with van der Waals surface area (Å²) < 4.78 is 5.22. The highest BCUT2D eigenvalue weighted by molar-refractivity contribution is 5.84. The van der Waals surface area contributed by atoms with Gasteiger partial charge >= 0.3 is 0 Å². The fraction of sp³-hybridized carbons (Fsp3) is 0.0526. The largest absolute Gasteiger partial charge is 0.497 e. The number of benzene rings is 2. The monoisotopic (exact) mass is 346 g/mol. The van der Waals surface area contributed by atoms with Crippen LogP contribution < -0.4 is 10.5 Å². The highest BCUT2D eigenvalue weighted by Crippen LogP contribution is 2.36. The molecule has 0 saturated heterocycles. The third kappa shape index (κ3) is 3.03. The van der Waals surface area contributed by atoms with Gasteiger partial charge in [-0.15, -0.1) is 0 Å². The van der Waals surface area contributed by atoms with Crippen molar-refractivity contribution in [3.8, 4) is 34.2 Å². The van der Waals surface area contributed by atoms with Crippen LogP contribution in [-0.4, -0.2) is 17.0 Å². The van der Waals surface area contributed by atoms with Gasteiger partial charge in [-0.2, -0.15) is 5.26 Å². The molecule has 0 spiro atoms. The predicted octanol–water partition coefficient (Wildman–Crippen LogP) is 3.79. The minimum atomic E-state index is -0.488. The number of hydrogen-bond acceptors (Lipinski definition) is 6. The van der Waals surface area contributed by atoms with Gasteiger partial charge in [-0.1, -0.05) is 24.3 Å². The number of nitriles is 1. The van der Waals surface area contributed by atoms with Crippen molar-refractivity contribution >= 4 is 11.5 Å². The van der Waals surface area contributed by atoms with Crippen molar-refractivity contribution in [3.63, 3.8) is 0 Å². The molecule has 7 heteroatoms. The van der Waals surface area contributed by atoms with E-state index < -0.39 is 4.92 Å². The molecule has 0 bridgehead atoms. The second kappa shape index (κ2) is 6.91. The molecule has 1 aromatic heterocycles. The standard InChI is InChI=1S/C19H14N4O3/c1-26-13-6-4-5-12(9-13)17-10-15(16(11-20)19(21)22-17)14-7-2-3-8-18(14)23(24)25/h2-10H,1H3,(H2,21,22). The van der Waals surface area contributed by atoms with Gasteiger partial charge in [-0.3, -0.25) is 10.1 Å². The molecular weight excluding hydrogens is 332 g/mol. The molecule has 3 aromatic rings. The van der Waals surface area contributed by atoms with Gasteiger partial charge in [-0.05, 0) is 24.3 Å². The van der Waals surface area contributed by atoms with Crippen LogP contribution >= 0.6 is 0 Å². The summed E-state index contributed by atoms with van der Waals surface area (Å²) in [5.41, 5.74) is 7.86. The fourth-order valence-electron chi connectivity index (χ4n) is 2.69. The normalized spacial score (nSPS) is 10.2. The topological polar surface area (TPSA) is 115 Å². The first kappa shape index (κ1) is 16.9. The molecule has 7 nitrogen and oxygen atoms in total. The minimum Gasteiger partial charge on any atom is -0.497 e. The van der Waals surface area contributed by atoms with Crippen LogP contribution in [0.3, 0.4) is 0 Å². The molecule has 26 heavy (non-hydrogen) atoms. The molecule has 0 aliphatic rings. The van der Waals surface area contributed by atoms with E-state index in [1.807, 2.05) is 12.1 Å². The van der Waals surface area contributed by atoms with Gasteiger partial charge in [0.05, 0.1) is 23.3 Å². The van der Waals surface area contributed by atoms with Crippen LogP contribution in [0.25, 0.3) is 22.4 Å². The Morgan fingerprint density at radius 2 is 1.92 bits per heavy atom. The van der Waals surface area contributed by atoms with Crippen LogP contribution in [0, 0.1) is 21.4 Å².